The summed E-state index contributed by atoms with van der Waals surface area (Å²) in [6.07, 6.45) is 6.63. The van der Waals surface area contributed by atoms with Crippen LogP contribution in [0.3, 0.4) is 0 Å². The number of aliphatic carboxylic acids is 1. The lowest BCUT2D eigenvalue weighted by atomic mass is 9.90. The minimum absolute atomic E-state index is 0.181. The van der Waals surface area contributed by atoms with E-state index in [0.717, 1.165) is 25.9 Å². The topological polar surface area (TPSA) is 116 Å². The maximum Gasteiger partial charge on any atom is 0.329 e. The number of carbonyl (C=O) groups is 3. The molecule has 2 fully saturated rings. The molecule has 0 unspecified atom stereocenters. The van der Waals surface area contributed by atoms with Crippen LogP contribution in [0.25, 0.3) is 0 Å². The molecule has 0 saturated carbocycles. The largest absolute Gasteiger partial charge is 0.483 e. The molecule has 0 aromatic heterocycles. The average molecular weight is 344 g/mol. The van der Waals surface area contributed by atoms with Gasteiger partial charge in [0.15, 0.2) is 0 Å². The van der Waals surface area contributed by atoms with Gasteiger partial charge in [-0.05, 0) is 25.9 Å². The van der Waals surface area contributed by atoms with Gasteiger partial charge in [0.2, 0.25) is 5.91 Å². The Morgan fingerprint density at radius 1 is 1.08 bits per heavy atom. The molecule has 0 atom stereocenters. The molecule has 0 aliphatic carbocycles. The maximum absolute atomic E-state index is 12.2. The molecule has 1 amide bonds. The molecule has 138 valence electrons. The van der Waals surface area contributed by atoms with Crippen molar-refractivity contribution in [2.75, 3.05) is 32.8 Å². The number of nitrogens with one attached hydrogen (secondary N) is 1. The first kappa shape index (κ1) is 20.4. The van der Waals surface area contributed by atoms with Crippen LogP contribution in [0.2, 0.25) is 0 Å². The summed E-state index contributed by atoms with van der Waals surface area (Å²) in [7, 11) is 0. The first-order valence-corrected chi connectivity index (χ1v) is 8.46. The molecule has 0 aromatic rings. The van der Waals surface area contributed by atoms with Crippen LogP contribution in [0.15, 0.2) is 0 Å². The number of hydrogen-bond donors (Lipinski definition) is 3. The highest BCUT2D eigenvalue weighted by Gasteiger charge is 2.41. The van der Waals surface area contributed by atoms with Crippen molar-refractivity contribution in [3.05, 3.63) is 0 Å². The standard InChI is InChI=1S/C15H26N2O4.CH2O2/c18-13(12-17-8-4-2-1-3-5-9-17)16-15(14(19)20)6-10-21-11-7-15;2-1-3/h1-12H2,(H,16,18)(H,19,20);1H,(H,2,3). The number of hydrogen-bond acceptors (Lipinski definition) is 5. The Morgan fingerprint density at radius 2 is 1.58 bits per heavy atom. The molecule has 2 rings (SSSR count). The number of carbonyl (C=O) groups excluding carboxylic acids is 1. The van der Waals surface area contributed by atoms with Crippen LogP contribution >= 0.6 is 0 Å². The Morgan fingerprint density at radius 3 is 2.08 bits per heavy atom. The smallest absolute Gasteiger partial charge is 0.329 e. The highest BCUT2D eigenvalue weighted by atomic mass is 16.5. The Kier molecular flexibility index (Phi) is 9.33. The second-order valence-electron chi connectivity index (χ2n) is 6.20. The minimum atomic E-state index is -1.14. The average Bonchev–Trinajstić information content (AvgIpc) is 2.51. The third-order valence-corrected chi connectivity index (χ3v) is 4.45. The van der Waals surface area contributed by atoms with Crippen molar-refractivity contribution in [3.8, 4) is 0 Å². The highest BCUT2D eigenvalue weighted by Crippen LogP contribution is 2.21. The normalized spacial score (nSPS) is 21.3. The Labute approximate surface area is 142 Å². The molecule has 2 saturated heterocycles. The van der Waals surface area contributed by atoms with E-state index in [2.05, 4.69) is 10.2 Å². The fourth-order valence-electron chi connectivity index (χ4n) is 3.09. The summed E-state index contributed by atoms with van der Waals surface area (Å²) in [6, 6.07) is 0. The summed E-state index contributed by atoms with van der Waals surface area (Å²) < 4.78 is 5.21. The number of amides is 1. The van der Waals surface area contributed by atoms with Gasteiger partial charge in [-0.2, -0.15) is 0 Å². The van der Waals surface area contributed by atoms with E-state index in [4.69, 9.17) is 14.6 Å². The van der Waals surface area contributed by atoms with E-state index in [0.29, 0.717) is 32.6 Å². The summed E-state index contributed by atoms with van der Waals surface area (Å²) in [4.78, 5) is 34.3. The van der Waals surface area contributed by atoms with Crippen molar-refractivity contribution < 1.29 is 29.3 Å². The summed E-state index contributed by atoms with van der Waals surface area (Å²) in [5.74, 6) is -1.13. The lowest BCUT2D eigenvalue weighted by Gasteiger charge is -2.34. The summed E-state index contributed by atoms with van der Waals surface area (Å²) >= 11 is 0. The number of carboxylic acids is 1. The quantitative estimate of drug-likeness (QED) is 0.643. The van der Waals surface area contributed by atoms with Crippen LogP contribution < -0.4 is 5.32 Å². The van der Waals surface area contributed by atoms with Crippen molar-refractivity contribution in [2.24, 2.45) is 0 Å². The van der Waals surface area contributed by atoms with Gasteiger partial charge in [0.05, 0.1) is 6.54 Å². The fraction of sp³-hybridized carbons (Fsp3) is 0.812. The molecular formula is C16H28N2O6. The zero-order valence-corrected chi connectivity index (χ0v) is 14.0. The molecule has 2 aliphatic heterocycles. The van der Waals surface area contributed by atoms with Gasteiger partial charge < -0.3 is 20.3 Å². The third-order valence-electron chi connectivity index (χ3n) is 4.45. The second-order valence-corrected chi connectivity index (χ2v) is 6.20. The first-order valence-electron chi connectivity index (χ1n) is 8.46. The Bertz CT molecular complexity index is 401. The number of nitrogens with zero attached hydrogens (tertiary/aromatic N) is 1. The number of likely N-dealkylation sites (tertiary alicyclic amines) is 1. The van der Waals surface area contributed by atoms with E-state index >= 15 is 0 Å². The highest BCUT2D eigenvalue weighted by molar-refractivity contribution is 5.88. The lowest BCUT2D eigenvalue weighted by Crippen LogP contribution is -2.59. The predicted octanol–water partition coefficient (Wildman–Crippen LogP) is 0.703. The molecule has 24 heavy (non-hydrogen) atoms. The van der Waals surface area contributed by atoms with Crippen LogP contribution in [0.4, 0.5) is 0 Å². The molecule has 3 N–H and O–H groups in total. The van der Waals surface area contributed by atoms with Crippen LogP contribution in [0.1, 0.15) is 44.9 Å². The first-order chi connectivity index (χ1) is 11.5. The van der Waals surface area contributed by atoms with E-state index in [1.54, 1.807) is 0 Å². The number of carboxylic acid groups (broad SMARTS) is 2. The van der Waals surface area contributed by atoms with Gasteiger partial charge in [-0.15, -0.1) is 0 Å². The van der Waals surface area contributed by atoms with Crippen molar-refractivity contribution in [1.82, 2.24) is 10.2 Å². The predicted molar refractivity (Wildman–Crippen MR) is 86.8 cm³/mol. The molecule has 0 spiro atoms. The van der Waals surface area contributed by atoms with E-state index < -0.39 is 11.5 Å². The monoisotopic (exact) mass is 344 g/mol. The molecule has 8 heteroatoms. The van der Waals surface area contributed by atoms with E-state index in [9.17, 15) is 14.7 Å². The number of rotatable bonds is 4. The zero-order chi connectivity index (χ0) is 17.8. The van der Waals surface area contributed by atoms with Crippen LogP contribution in [0, 0.1) is 0 Å². The van der Waals surface area contributed by atoms with Crippen molar-refractivity contribution >= 4 is 18.3 Å². The van der Waals surface area contributed by atoms with Crippen LogP contribution in [-0.2, 0) is 19.1 Å². The van der Waals surface area contributed by atoms with Crippen molar-refractivity contribution in [1.29, 1.82) is 0 Å². The SMILES string of the molecule is O=C(CN1CCCCCCC1)NC1(C(=O)O)CCOCC1.O=CO. The van der Waals surface area contributed by atoms with E-state index in [1.807, 2.05) is 0 Å². The summed E-state index contributed by atoms with van der Waals surface area (Å²) in [5.41, 5.74) is -1.14. The van der Waals surface area contributed by atoms with Gasteiger partial charge in [-0.25, -0.2) is 4.79 Å². The minimum Gasteiger partial charge on any atom is -0.483 e. The lowest BCUT2D eigenvalue weighted by molar-refractivity contribution is -0.152. The summed E-state index contributed by atoms with van der Waals surface area (Å²) in [5, 5.41) is 19.1. The van der Waals surface area contributed by atoms with Crippen LogP contribution in [-0.4, -0.2) is 71.8 Å². The van der Waals surface area contributed by atoms with Gasteiger partial charge in [-0.1, -0.05) is 19.3 Å². The molecule has 0 radical (unpaired) electrons. The van der Waals surface area contributed by atoms with E-state index in [1.165, 1.54) is 19.3 Å². The van der Waals surface area contributed by atoms with Crippen molar-refractivity contribution in [3.63, 3.8) is 0 Å². The molecule has 8 nitrogen and oxygen atoms in total. The Balaban J connectivity index is 0.000000891. The van der Waals surface area contributed by atoms with Gasteiger partial charge in [0.25, 0.3) is 6.47 Å². The molecule has 0 bridgehead atoms. The summed E-state index contributed by atoms with van der Waals surface area (Å²) in [6.45, 7) is 2.68. The third kappa shape index (κ3) is 6.84. The molecule has 2 aliphatic rings. The van der Waals surface area contributed by atoms with Gasteiger partial charge in [0.1, 0.15) is 5.54 Å². The molecular weight excluding hydrogens is 316 g/mol. The zero-order valence-electron chi connectivity index (χ0n) is 14.0. The molecule has 2 heterocycles. The molecule has 0 aromatic carbocycles. The fourth-order valence-corrected chi connectivity index (χ4v) is 3.09. The van der Waals surface area contributed by atoms with Crippen molar-refractivity contribution in [2.45, 2.75) is 50.5 Å². The van der Waals surface area contributed by atoms with Gasteiger partial charge in [0, 0.05) is 26.1 Å². The van der Waals surface area contributed by atoms with Crippen LogP contribution in [0.5, 0.6) is 0 Å². The number of ether oxygens (including phenoxy) is 1. The van der Waals surface area contributed by atoms with Gasteiger partial charge >= 0.3 is 5.97 Å². The second kappa shape index (κ2) is 11.0. The van der Waals surface area contributed by atoms with Gasteiger partial charge in [-0.3, -0.25) is 14.5 Å². The Hall–Kier alpha value is -1.67. The van der Waals surface area contributed by atoms with E-state index in [-0.39, 0.29) is 12.4 Å². The maximum atomic E-state index is 12.2.